The maximum atomic E-state index is 13.5. The van der Waals surface area contributed by atoms with Crippen LogP contribution in [0.15, 0.2) is 24.3 Å². The van der Waals surface area contributed by atoms with Gasteiger partial charge in [0, 0.05) is 23.9 Å². The van der Waals surface area contributed by atoms with Crippen LogP contribution in [-0.2, 0) is 15.6 Å². The number of hydrogen-bond acceptors (Lipinski definition) is 6. The largest absolute Gasteiger partial charge is 0.411 e. The fraction of sp³-hybridized carbons (Fsp3) is 0.400. The molecule has 1 aromatic heterocycles. The van der Waals surface area contributed by atoms with Gasteiger partial charge in [0.1, 0.15) is 0 Å². The number of aliphatic hydroxyl groups is 1. The van der Waals surface area contributed by atoms with Gasteiger partial charge >= 0.3 is 6.11 Å². The zero-order chi connectivity index (χ0) is 18.8. The molecule has 2 rings (SSSR count). The van der Waals surface area contributed by atoms with Crippen LogP contribution < -0.4 is 4.90 Å². The number of halogens is 3. The van der Waals surface area contributed by atoms with Gasteiger partial charge < -0.3 is 14.7 Å². The summed E-state index contributed by atoms with van der Waals surface area (Å²) < 4.78 is 30.9. The highest BCUT2D eigenvalue weighted by Crippen LogP contribution is 2.33. The molecule has 0 aliphatic rings. The Morgan fingerprint density at radius 3 is 2.64 bits per heavy atom. The first-order valence-corrected chi connectivity index (χ1v) is 8.40. The van der Waals surface area contributed by atoms with Crippen LogP contribution in [0.1, 0.15) is 30.0 Å². The maximum Gasteiger partial charge on any atom is 0.411 e. The Kier molecular flexibility index (Phi) is 6.04. The summed E-state index contributed by atoms with van der Waals surface area (Å²) in [6.45, 7) is 3.49. The number of carbonyl (C=O) groups is 1. The van der Waals surface area contributed by atoms with Gasteiger partial charge in [-0.25, -0.2) is 0 Å². The zero-order valence-electron chi connectivity index (χ0n) is 13.6. The van der Waals surface area contributed by atoms with E-state index < -0.39 is 23.1 Å². The smallest absolute Gasteiger partial charge is 0.376 e. The quantitative estimate of drug-likeness (QED) is 0.817. The summed E-state index contributed by atoms with van der Waals surface area (Å²) in [6.07, 6.45) is -5.37. The molecule has 1 atom stereocenters. The molecule has 10 heteroatoms. The minimum Gasteiger partial charge on any atom is -0.376 e. The molecule has 25 heavy (non-hydrogen) atoms. The average molecular weight is 392 g/mol. The second-order valence-corrected chi connectivity index (χ2v) is 6.80. The summed E-state index contributed by atoms with van der Waals surface area (Å²) in [5.41, 5.74) is 0.471. The van der Waals surface area contributed by atoms with Crippen molar-refractivity contribution in [2.75, 3.05) is 12.0 Å². The van der Waals surface area contributed by atoms with Crippen molar-refractivity contribution in [2.45, 2.75) is 32.1 Å². The SMILES string of the molecule is COC(F)(F)c1nnc(C(O)C(=O)N(c2cccc(Cl)c2)C(C)C)s1. The minimum atomic E-state index is -3.64. The standard InChI is InChI=1S/C15H16ClF2N3O3S/c1-8(2)21(10-6-4-5-9(16)7-10)13(23)11(22)12-19-20-14(25-12)15(17,18)24-3/h4-8,11,22H,1-3H3. The van der Waals surface area contributed by atoms with Crippen LogP contribution in [0.4, 0.5) is 14.5 Å². The van der Waals surface area contributed by atoms with E-state index in [0.29, 0.717) is 22.0 Å². The predicted molar refractivity (Wildman–Crippen MR) is 89.8 cm³/mol. The summed E-state index contributed by atoms with van der Waals surface area (Å²) in [5, 5.41) is 16.5. The average Bonchev–Trinajstić information content (AvgIpc) is 3.04. The molecule has 0 saturated carbocycles. The maximum absolute atomic E-state index is 13.5. The van der Waals surface area contributed by atoms with E-state index in [1.807, 2.05) is 0 Å². The van der Waals surface area contributed by atoms with E-state index in [2.05, 4.69) is 14.9 Å². The van der Waals surface area contributed by atoms with Gasteiger partial charge in [0.25, 0.3) is 5.91 Å². The third-order valence-corrected chi connectivity index (χ3v) is 4.52. The lowest BCUT2D eigenvalue weighted by atomic mass is 10.2. The molecule has 0 aliphatic heterocycles. The third kappa shape index (κ3) is 4.30. The van der Waals surface area contributed by atoms with E-state index in [4.69, 9.17) is 11.6 Å². The molecule has 6 nitrogen and oxygen atoms in total. The van der Waals surface area contributed by atoms with Crippen LogP contribution in [0.25, 0.3) is 0 Å². The molecule has 136 valence electrons. The lowest BCUT2D eigenvalue weighted by Gasteiger charge is -2.28. The molecule has 0 fully saturated rings. The summed E-state index contributed by atoms with van der Waals surface area (Å²) in [5.74, 6) is -0.722. The summed E-state index contributed by atoms with van der Waals surface area (Å²) in [4.78, 5) is 14.0. The summed E-state index contributed by atoms with van der Waals surface area (Å²) in [7, 11) is 0.822. The molecule has 0 bridgehead atoms. The molecule has 1 amide bonds. The van der Waals surface area contributed by atoms with Crippen molar-refractivity contribution in [2.24, 2.45) is 0 Å². The van der Waals surface area contributed by atoms with Gasteiger partial charge in [-0.3, -0.25) is 4.79 Å². The number of methoxy groups -OCH3 is 1. The number of benzene rings is 1. The molecule has 0 saturated heterocycles. The first kappa shape index (κ1) is 19.6. The summed E-state index contributed by atoms with van der Waals surface area (Å²) >= 11 is 6.35. The Bertz CT molecular complexity index is 757. The molecule has 0 radical (unpaired) electrons. The van der Waals surface area contributed by atoms with Gasteiger partial charge in [-0.05, 0) is 32.0 Å². The van der Waals surface area contributed by atoms with Gasteiger partial charge in [0.2, 0.25) is 5.01 Å². The van der Waals surface area contributed by atoms with E-state index in [9.17, 15) is 18.7 Å². The minimum absolute atomic E-state index is 0.246. The molecule has 1 aromatic carbocycles. The second-order valence-electron chi connectivity index (χ2n) is 5.35. The number of ether oxygens (including phenoxy) is 1. The first-order valence-electron chi connectivity index (χ1n) is 7.21. The molecule has 1 heterocycles. The van der Waals surface area contributed by atoms with Crippen molar-refractivity contribution in [3.8, 4) is 0 Å². The number of alkyl halides is 2. The van der Waals surface area contributed by atoms with Crippen LogP contribution in [0.5, 0.6) is 0 Å². The third-order valence-electron chi connectivity index (χ3n) is 3.25. The molecule has 1 N–H and O–H groups in total. The van der Waals surface area contributed by atoms with Crippen molar-refractivity contribution >= 4 is 34.5 Å². The first-order chi connectivity index (χ1) is 11.7. The van der Waals surface area contributed by atoms with Crippen molar-refractivity contribution < 1.29 is 23.4 Å². The van der Waals surface area contributed by atoms with Gasteiger partial charge in [-0.15, -0.1) is 10.2 Å². The number of carbonyl (C=O) groups excluding carboxylic acids is 1. The number of hydrogen-bond donors (Lipinski definition) is 1. The fourth-order valence-electron chi connectivity index (χ4n) is 2.09. The Morgan fingerprint density at radius 1 is 1.40 bits per heavy atom. The number of rotatable bonds is 6. The van der Waals surface area contributed by atoms with Gasteiger partial charge in [-0.2, -0.15) is 8.78 Å². The lowest BCUT2D eigenvalue weighted by Crippen LogP contribution is -2.40. The van der Waals surface area contributed by atoms with E-state index in [1.54, 1.807) is 38.1 Å². The van der Waals surface area contributed by atoms with Crippen LogP contribution in [0, 0.1) is 0 Å². The predicted octanol–water partition coefficient (Wildman–Crippen LogP) is 3.36. The molecular weight excluding hydrogens is 376 g/mol. The highest BCUT2D eigenvalue weighted by molar-refractivity contribution is 7.11. The van der Waals surface area contributed by atoms with E-state index in [-0.39, 0.29) is 11.0 Å². The van der Waals surface area contributed by atoms with Crippen molar-refractivity contribution in [3.63, 3.8) is 0 Å². The van der Waals surface area contributed by atoms with Crippen LogP contribution >= 0.6 is 22.9 Å². The van der Waals surface area contributed by atoms with Crippen LogP contribution in [0.3, 0.4) is 0 Å². The van der Waals surface area contributed by atoms with Gasteiger partial charge in [0.05, 0.1) is 0 Å². The highest BCUT2D eigenvalue weighted by atomic mass is 35.5. The van der Waals surface area contributed by atoms with Gasteiger partial charge in [-0.1, -0.05) is 29.0 Å². The lowest BCUT2D eigenvalue weighted by molar-refractivity contribution is -0.231. The molecule has 1 unspecified atom stereocenters. The summed E-state index contributed by atoms with van der Waals surface area (Å²) in [6, 6.07) is 6.22. The number of aromatic nitrogens is 2. The van der Waals surface area contributed by atoms with E-state index in [1.165, 1.54) is 4.90 Å². The van der Waals surface area contributed by atoms with Crippen LogP contribution in [0.2, 0.25) is 5.02 Å². The Morgan fingerprint density at radius 2 is 2.08 bits per heavy atom. The number of amides is 1. The topological polar surface area (TPSA) is 75.5 Å². The number of nitrogens with zero attached hydrogens (tertiary/aromatic N) is 3. The Labute approximate surface area is 152 Å². The number of anilines is 1. The molecule has 0 aliphatic carbocycles. The highest BCUT2D eigenvalue weighted by Gasteiger charge is 2.38. The molecule has 0 spiro atoms. The van der Waals surface area contributed by atoms with E-state index >= 15 is 0 Å². The Hall–Kier alpha value is -1.68. The molecular formula is C15H16ClF2N3O3S. The fourth-order valence-corrected chi connectivity index (χ4v) is 3.05. The molecule has 2 aromatic rings. The van der Waals surface area contributed by atoms with Crippen molar-refractivity contribution in [1.82, 2.24) is 10.2 Å². The number of aliphatic hydroxyl groups excluding tert-OH is 1. The van der Waals surface area contributed by atoms with Crippen molar-refractivity contribution in [3.05, 3.63) is 39.3 Å². The zero-order valence-corrected chi connectivity index (χ0v) is 15.2. The van der Waals surface area contributed by atoms with Crippen molar-refractivity contribution in [1.29, 1.82) is 0 Å². The van der Waals surface area contributed by atoms with Gasteiger partial charge in [0.15, 0.2) is 11.1 Å². The monoisotopic (exact) mass is 391 g/mol. The second kappa shape index (κ2) is 7.69. The van der Waals surface area contributed by atoms with Crippen LogP contribution in [-0.4, -0.2) is 34.4 Å². The van der Waals surface area contributed by atoms with E-state index in [0.717, 1.165) is 7.11 Å². The normalized spacial score (nSPS) is 13.1. The Balaban J connectivity index is 2.31.